The summed E-state index contributed by atoms with van der Waals surface area (Å²) in [7, 11) is 1.56. The molecule has 3 rings (SSSR count). The molecule has 2 aromatic carbocycles. The first-order valence-corrected chi connectivity index (χ1v) is 8.68. The minimum atomic E-state index is -1.55. The lowest BCUT2D eigenvalue weighted by atomic mass is 10.0. The minimum Gasteiger partial charge on any atom is -0.497 e. The second kappa shape index (κ2) is 8.39. The van der Waals surface area contributed by atoms with Crippen LogP contribution in [0, 0.1) is 0 Å². The third-order valence-electron chi connectivity index (χ3n) is 4.33. The average Bonchev–Trinajstić information content (AvgIpc) is 2.72. The summed E-state index contributed by atoms with van der Waals surface area (Å²) in [6, 6.07) is 14.1. The first-order valence-electron chi connectivity index (χ1n) is 8.68. The van der Waals surface area contributed by atoms with Gasteiger partial charge >= 0.3 is 11.9 Å². The Bertz CT molecular complexity index is 1080. The van der Waals surface area contributed by atoms with E-state index in [1.807, 2.05) is 0 Å². The Morgan fingerprint density at radius 2 is 1.76 bits per heavy atom. The number of fused-ring (bicyclic) bond motifs is 1. The maximum atomic E-state index is 12.8. The highest BCUT2D eigenvalue weighted by Gasteiger charge is 2.25. The summed E-state index contributed by atoms with van der Waals surface area (Å²) in [4.78, 5) is 39.6. The monoisotopic (exact) mass is 394 g/mol. The maximum absolute atomic E-state index is 12.8. The molecule has 3 aromatic rings. The molecule has 1 aromatic heterocycles. The molecule has 3 N–H and O–H groups in total. The third kappa shape index (κ3) is 4.49. The number of benzene rings is 2. The number of pyridine rings is 1. The molecule has 0 aliphatic rings. The first kappa shape index (κ1) is 19.8. The number of amides is 1. The van der Waals surface area contributed by atoms with E-state index < -0.39 is 30.3 Å². The molecule has 148 valence electrons. The Hall–Kier alpha value is -3.94. The molecule has 8 heteroatoms. The van der Waals surface area contributed by atoms with Crippen LogP contribution in [0.4, 0.5) is 0 Å². The van der Waals surface area contributed by atoms with Crippen molar-refractivity contribution in [1.29, 1.82) is 0 Å². The highest BCUT2D eigenvalue weighted by molar-refractivity contribution is 6.08. The van der Waals surface area contributed by atoms with Gasteiger partial charge in [-0.05, 0) is 36.4 Å². The van der Waals surface area contributed by atoms with Gasteiger partial charge < -0.3 is 20.3 Å². The standard InChI is InChI=1S/C21H18N2O6/c1-29-13-8-6-12(7-9-13)17-10-15(14-4-2-3-5-16(14)22-17)20(26)23-18(21(27)28)11-19(24)25/h2-10,18H,11H2,1H3,(H,23,26)(H,24,25)(H,27,28). The number of hydrogen-bond donors (Lipinski definition) is 3. The summed E-state index contributed by atoms with van der Waals surface area (Å²) in [6.07, 6.45) is -0.727. The van der Waals surface area contributed by atoms with Crippen molar-refractivity contribution in [2.75, 3.05) is 7.11 Å². The molecule has 0 fully saturated rings. The van der Waals surface area contributed by atoms with Gasteiger partial charge in [-0.1, -0.05) is 18.2 Å². The molecular formula is C21H18N2O6. The van der Waals surface area contributed by atoms with Crippen molar-refractivity contribution in [3.63, 3.8) is 0 Å². The number of carbonyl (C=O) groups excluding carboxylic acids is 1. The molecule has 0 radical (unpaired) electrons. The van der Waals surface area contributed by atoms with E-state index >= 15 is 0 Å². The van der Waals surface area contributed by atoms with Gasteiger partial charge in [-0.25, -0.2) is 9.78 Å². The largest absolute Gasteiger partial charge is 0.497 e. The number of carbonyl (C=O) groups is 3. The second-order valence-corrected chi connectivity index (χ2v) is 6.26. The molecular weight excluding hydrogens is 376 g/mol. The molecule has 8 nitrogen and oxygen atoms in total. The zero-order chi connectivity index (χ0) is 21.0. The van der Waals surface area contributed by atoms with Crippen LogP contribution in [0.2, 0.25) is 0 Å². The van der Waals surface area contributed by atoms with Gasteiger partial charge in [0.05, 0.1) is 30.3 Å². The molecule has 1 unspecified atom stereocenters. The number of ether oxygens (including phenoxy) is 1. The van der Waals surface area contributed by atoms with Crippen molar-refractivity contribution in [1.82, 2.24) is 10.3 Å². The molecule has 1 atom stereocenters. The number of nitrogens with one attached hydrogen (secondary N) is 1. The molecule has 0 aliphatic heterocycles. The van der Waals surface area contributed by atoms with E-state index in [1.54, 1.807) is 61.7 Å². The van der Waals surface area contributed by atoms with Gasteiger partial charge in [-0.3, -0.25) is 9.59 Å². The van der Waals surface area contributed by atoms with E-state index in [2.05, 4.69) is 10.3 Å². The van der Waals surface area contributed by atoms with E-state index in [-0.39, 0.29) is 5.56 Å². The van der Waals surface area contributed by atoms with Crippen LogP contribution >= 0.6 is 0 Å². The Kier molecular flexibility index (Phi) is 5.73. The van der Waals surface area contributed by atoms with Crippen molar-refractivity contribution in [2.45, 2.75) is 12.5 Å². The van der Waals surface area contributed by atoms with Crippen LogP contribution in [0.15, 0.2) is 54.6 Å². The molecule has 0 spiro atoms. The van der Waals surface area contributed by atoms with Gasteiger partial charge in [-0.2, -0.15) is 0 Å². The smallest absolute Gasteiger partial charge is 0.326 e. The topological polar surface area (TPSA) is 126 Å². The maximum Gasteiger partial charge on any atom is 0.326 e. The van der Waals surface area contributed by atoms with Gasteiger partial charge in [0.1, 0.15) is 11.8 Å². The highest BCUT2D eigenvalue weighted by Crippen LogP contribution is 2.26. The molecule has 0 saturated heterocycles. The summed E-state index contributed by atoms with van der Waals surface area (Å²) in [5.41, 5.74) is 2.02. The molecule has 0 bridgehead atoms. The lowest BCUT2D eigenvalue weighted by Gasteiger charge is -2.14. The Labute approximate surface area is 165 Å². The predicted molar refractivity (Wildman–Crippen MR) is 105 cm³/mol. The molecule has 29 heavy (non-hydrogen) atoms. The van der Waals surface area contributed by atoms with Gasteiger partial charge in [0.2, 0.25) is 0 Å². The van der Waals surface area contributed by atoms with Crippen LogP contribution in [-0.2, 0) is 9.59 Å². The second-order valence-electron chi connectivity index (χ2n) is 6.26. The summed E-state index contributed by atoms with van der Waals surface area (Å²) < 4.78 is 5.15. The lowest BCUT2D eigenvalue weighted by molar-refractivity contribution is -0.145. The van der Waals surface area contributed by atoms with E-state index in [0.29, 0.717) is 22.3 Å². The summed E-state index contributed by atoms with van der Waals surface area (Å²) in [6.45, 7) is 0. The molecule has 0 saturated carbocycles. The van der Waals surface area contributed by atoms with Gasteiger partial charge in [0.25, 0.3) is 5.91 Å². The number of carboxylic acid groups (broad SMARTS) is 2. The quantitative estimate of drug-likeness (QED) is 0.562. The molecule has 1 amide bonds. The fourth-order valence-electron chi connectivity index (χ4n) is 2.88. The summed E-state index contributed by atoms with van der Waals surface area (Å²) in [5, 5.41) is 20.9. The number of nitrogens with zero attached hydrogens (tertiary/aromatic N) is 1. The number of methoxy groups -OCH3 is 1. The number of para-hydroxylation sites is 1. The predicted octanol–water partition coefficient (Wildman–Crippen LogP) is 2.57. The average molecular weight is 394 g/mol. The van der Waals surface area contributed by atoms with Crippen LogP contribution in [-0.4, -0.2) is 46.2 Å². The molecule has 0 aliphatic carbocycles. The number of aliphatic carboxylic acids is 2. The zero-order valence-electron chi connectivity index (χ0n) is 15.5. The number of hydrogen-bond acceptors (Lipinski definition) is 5. The lowest BCUT2D eigenvalue weighted by Crippen LogP contribution is -2.42. The van der Waals surface area contributed by atoms with Crippen LogP contribution < -0.4 is 10.1 Å². The fraction of sp³-hybridized carbons (Fsp3) is 0.143. The fourth-order valence-corrected chi connectivity index (χ4v) is 2.88. The van der Waals surface area contributed by atoms with Crippen molar-refractivity contribution in [2.24, 2.45) is 0 Å². The summed E-state index contributed by atoms with van der Waals surface area (Å²) in [5.74, 6) is -2.76. The Morgan fingerprint density at radius 3 is 2.38 bits per heavy atom. The minimum absolute atomic E-state index is 0.207. The van der Waals surface area contributed by atoms with E-state index in [1.165, 1.54) is 0 Å². The van der Waals surface area contributed by atoms with Crippen LogP contribution in [0.3, 0.4) is 0 Å². The Morgan fingerprint density at radius 1 is 1.07 bits per heavy atom. The zero-order valence-corrected chi connectivity index (χ0v) is 15.5. The number of carboxylic acids is 2. The van der Waals surface area contributed by atoms with Gasteiger partial charge in [0.15, 0.2) is 0 Å². The highest BCUT2D eigenvalue weighted by atomic mass is 16.5. The van der Waals surface area contributed by atoms with Crippen molar-refractivity contribution >= 4 is 28.7 Å². The number of aromatic nitrogens is 1. The van der Waals surface area contributed by atoms with Gasteiger partial charge in [-0.15, -0.1) is 0 Å². The van der Waals surface area contributed by atoms with E-state index in [9.17, 15) is 19.5 Å². The van der Waals surface area contributed by atoms with Crippen LogP contribution in [0.25, 0.3) is 22.2 Å². The van der Waals surface area contributed by atoms with Crippen molar-refractivity contribution in [3.05, 3.63) is 60.2 Å². The summed E-state index contributed by atoms with van der Waals surface area (Å²) >= 11 is 0. The Balaban J connectivity index is 2.04. The van der Waals surface area contributed by atoms with E-state index in [4.69, 9.17) is 9.84 Å². The van der Waals surface area contributed by atoms with E-state index in [0.717, 1.165) is 5.56 Å². The SMILES string of the molecule is COc1ccc(-c2cc(C(=O)NC(CC(=O)O)C(=O)O)c3ccccc3n2)cc1. The first-order chi connectivity index (χ1) is 13.9. The number of rotatable bonds is 7. The van der Waals surface area contributed by atoms with Crippen molar-refractivity contribution in [3.8, 4) is 17.0 Å². The van der Waals surface area contributed by atoms with Crippen LogP contribution in [0.1, 0.15) is 16.8 Å². The normalized spacial score (nSPS) is 11.6. The van der Waals surface area contributed by atoms with Gasteiger partial charge in [0, 0.05) is 10.9 Å². The third-order valence-corrected chi connectivity index (χ3v) is 4.33. The van der Waals surface area contributed by atoms with Crippen molar-refractivity contribution < 1.29 is 29.3 Å². The van der Waals surface area contributed by atoms with Crippen LogP contribution in [0.5, 0.6) is 5.75 Å². The molecule has 1 heterocycles.